The second-order valence-electron chi connectivity index (χ2n) is 5.85. The second-order valence-corrected chi connectivity index (χ2v) is 5.85. The Kier molecular flexibility index (Phi) is 8.99. The topological polar surface area (TPSA) is 73.3 Å². The molecule has 28 heavy (non-hydrogen) atoms. The highest BCUT2D eigenvalue weighted by molar-refractivity contribution is 14.0. The molecule has 0 aromatic heterocycles. The highest BCUT2D eigenvalue weighted by Crippen LogP contribution is 2.34. The molecule has 1 heterocycles. The number of methoxy groups -OCH3 is 1. The SMILES string of the molecule is CN=C(NCCOc1ccc2c(c1)OCO2)NCCc1ccccc1OC.I. The molecular formula is C20H26IN3O4. The maximum atomic E-state index is 5.73. The van der Waals surface area contributed by atoms with Gasteiger partial charge in [-0.1, -0.05) is 18.2 Å². The largest absolute Gasteiger partial charge is 0.496 e. The van der Waals surface area contributed by atoms with Crippen LogP contribution in [0.25, 0.3) is 0 Å². The lowest BCUT2D eigenvalue weighted by Gasteiger charge is -2.13. The van der Waals surface area contributed by atoms with Gasteiger partial charge in [-0.15, -0.1) is 24.0 Å². The molecule has 2 aromatic carbocycles. The Balaban J connectivity index is 0.00000280. The molecule has 1 aliphatic rings. The number of para-hydroxylation sites is 1. The third kappa shape index (κ3) is 6.08. The number of benzene rings is 2. The molecule has 0 saturated carbocycles. The number of guanidine groups is 1. The molecular weight excluding hydrogens is 473 g/mol. The Morgan fingerprint density at radius 1 is 1.07 bits per heavy atom. The molecule has 7 nitrogen and oxygen atoms in total. The highest BCUT2D eigenvalue weighted by Gasteiger charge is 2.13. The average molecular weight is 499 g/mol. The van der Waals surface area contributed by atoms with Crippen LogP contribution in [0.3, 0.4) is 0 Å². The number of nitrogens with one attached hydrogen (secondary N) is 2. The average Bonchev–Trinajstić information content (AvgIpc) is 3.18. The van der Waals surface area contributed by atoms with Crippen molar-refractivity contribution in [1.82, 2.24) is 10.6 Å². The standard InChI is InChI=1S/C20H25N3O4.HI/c1-21-20(22-10-9-15-5-3-4-6-17(15)24-2)23-11-12-25-16-7-8-18-19(13-16)27-14-26-18;/h3-8,13H,9-12,14H2,1-2H3,(H2,21,22,23);1H. The molecule has 0 unspecified atom stereocenters. The van der Waals surface area contributed by atoms with Crippen LogP contribution in [0.5, 0.6) is 23.0 Å². The Morgan fingerprint density at radius 2 is 1.86 bits per heavy atom. The van der Waals surface area contributed by atoms with Gasteiger partial charge in [-0.3, -0.25) is 4.99 Å². The molecule has 0 amide bonds. The van der Waals surface area contributed by atoms with Crippen molar-refractivity contribution in [3.05, 3.63) is 48.0 Å². The summed E-state index contributed by atoms with van der Waals surface area (Å²) in [7, 11) is 3.43. The lowest BCUT2D eigenvalue weighted by atomic mass is 10.1. The fourth-order valence-electron chi connectivity index (χ4n) is 2.75. The minimum Gasteiger partial charge on any atom is -0.496 e. The Labute approximate surface area is 182 Å². The molecule has 2 N–H and O–H groups in total. The second kappa shape index (κ2) is 11.5. The predicted octanol–water partition coefficient (Wildman–Crippen LogP) is 2.83. The first-order valence-corrected chi connectivity index (χ1v) is 8.89. The van der Waals surface area contributed by atoms with E-state index in [2.05, 4.69) is 21.7 Å². The molecule has 0 aliphatic carbocycles. The van der Waals surface area contributed by atoms with Crippen molar-refractivity contribution in [3.63, 3.8) is 0 Å². The summed E-state index contributed by atoms with van der Waals surface area (Å²) in [5.41, 5.74) is 1.16. The van der Waals surface area contributed by atoms with Gasteiger partial charge in [0, 0.05) is 19.7 Å². The quantitative estimate of drug-likeness (QED) is 0.252. The summed E-state index contributed by atoms with van der Waals surface area (Å²) >= 11 is 0. The lowest BCUT2D eigenvalue weighted by molar-refractivity contribution is 0.173. The van der Waals surface area contributed by atoms with E-state index < -0.39 is 0 Å². The van der Waals surface area contributed by atoms with Crippen LogP contribution in [0.2, 0.25) is 0 Å². The van der Waals surface area contributed by atoms with Gasteiger partial charge in [-0.05, 0) is 30.2 Å². The van der Waals surface area contributed by atoms with Crippen molar-refractivity contribution in [2.75, 3.05) is 40.6 Å². The molecule has 2 aromatic rings. The summed E-state index contributed by atoms with van der Waals surface area (Å²) in [6.07, 6.45) is 0.846. The van der Waals surface area contributed by atoms with Crippen LogP contribution in [0.4, 0.5) is 0 Å². The summed E-state index contributed by atoms with van der Waals surface area (Å²) in [4.78, 5) is 4.22. The van der Waals surface area contributed by atoms with E-state index in [1.807, 2.05) is 36.4 Å². The van der Waals surface area contributed by atoms with Crippen molar-refractivity contribution in [3.8, 4) is 23.0 Å². The first-order chi connectivity index (χ1) is 13.3. The van der Waals surface area contributed by atoms with Gasteiger partial charge in [0.2, 0.25) is 6.79 Å². The number of rotatable bonds is 8. The summed E-state index contributed by atoms with van der Waals surface area (Å²) in [5, 5.41) is 6.53. The van der Waals surface area contributed by atoms with Crippen LogP contribution >= 0.6 is 24.0 Å². The number of hydrogen-bond acceptors (Lipinski definition) is 5. The molecule has 0 spiro atoms. The Morgan fingerprint density at radius 3 is 2.68 bits per heavy atom. The van der Waals surface area contributed by atoms with Crippen molar-refractivity contribution in [2.45, 2.75) is 6.42 Å². The smallest absolute Gasteiger partial charge is 0.231 e. The summed E-state index contributed by atoms with van der Waals surface area (Å²) < 4.78 is 21.7. The Bertz CT molecular complexity index is 786. The molecule has 3 rings (SSSR count). The van der Waals surface area contributed by atoms with E-state index in [-0.39, 0.29) is 30.8 Å². The van der Waals surface area contributed by atoms with Crippen LogP contribution in [0, 0.1) is 0 Å². The zero-order valence-corrected chi connectivity index (χ0v) is 18.4. The Hall–Kier alpha value is -2.36. The first kappa shape index (κ1) is 21.9. The summed E-state index contributed by atoms with van der Waals surface area (Å²) in [6.45, 7) is 2.15. The summed E-state index contributed by atoms with van der Waals surface area (Å²) in [6, 6.07) is 13.6. The normalized spacial score (nSPS) is 12.1. The third-order valence-electron chi connectivity index (χ3n) is 4.11. The highest BCUT2D eigenvalue weighted by atomic mass is 127. The van der Waals surface area contributed by atoms with Crippen molar-refractivity contribution in [1.29, 1.82) is 0 Å². The van der Waals surface area contributed by atoms with Gasteiger partial charge < -0.3 is 29.6 Å². The van der Waals surface area contributed by atoms with Gasteiger partial charge in [0.25, 0.3) is 0 Å². The number of halogens is 1. The maximum Gasteiger partial charge on any atom is 0.231 e. The van der Waals surface area contributed by atoms with Crippen molar-refractivity contribution < 1.29 is 18.9 Å². The van der Waals surface area contributed by atoms with Gasteiger partial charge in [0.1, 0.15) is 18.1 Å². The zero-order valence-electron chi connectivity index (χ0n) is 16.1. The van der Waals surface area contributed by atoms with Gasteiger partial charge in [0.05, 0.1) is 13.7 Å². The van der Waals surface area contributed by atoms with Crippen LogP contribution in [-0.4, -0.2) is 46.6 Å². The third-order valence-corrected chi connectivity index (χ3v) is 4.11. The van der Waals surface area contributed by atoms with Crippen molar-refractivity contribution >= 4 is 29.9 Å². The van der Waals surface area contributed by atoms with E-state index in [0.29, 0.717) is 18.9 Å². The molecule has 152 valence electrons. The lowest BCUT2D eigenvalue weighted by Crippen LogP contribution is -2.40. The van der Waals surface area contributed by atoms with Crippen LogP contribution in [-0.2, 0) is 6.42 Å². The molecule has 1 aliphatic heterocycles. The van der Waals surface area contributed by atoms with E-state index in [1.54, 1.807) is 14.2 Å². The minimum atomic E-state index is 0. The first-order valence-electron chi connectivity index (χ1n) is 8.89. The number of ether oxygens (including phenoxy) is 4. The number of nitrogens with zero attached hydrogens (tertiary/aromatic N) is 1. The van der Waals surface area contributed by atoms with E-state index in [1.165, 1.54) is 0 Å². The molecule has 0 bridgehead atoms. The van der Waals surface area contributed by atoms with Gasteiger partial charge in [-0.2, -0.15) is 0 Å². The van der Waals surface area contributed by atoms with E-state index in [0.717, 1.165) is 41.7 Å². The van der Waals surface area contributed by atoms with Crippen molar-refractivity contribution in [2.24, 2.45) is 4.99 Å². The number of hydrogen-bond donors (Lipinski definition) is 2. The maximum absolute atomic E-state index is 5.73. The molecule has 0 atom stereocenters. The van der Waals surface area contributed by atoms with E-state index in [9.17, 15) is 0 Å². The van der Waals surface area contributed by atoms with Gasteiger partial charge in [0.15, 0.2) is 17.5 Å². The number of aliphatic imine (C=N–C) groups is 1. The monoisotopic (exact) mass is 499 g/mol. The van der Waals surface area contributed by atoms with Crippen LogP contribution in [0.1, 0.15) is 5.56 Å². The molecule has 0 saturated heterocycles. The summed E-state index contributed by atoms with van der Waals surface area (Å²) in [5.74, 6) is 3.85. The molecule has 8 heteroatoms. The van der Waals surface area contributed by atoms with E-state index >= 15 is 0 Å². The minimum absolute atomic E-state index is 0. The number of fused-ring (bicyclic) bond motifs is 1. The van der Waals surface area contributed by atoms with Crippen LogP contribution < -0.4 is 29.6 Å². The van der Waals surface area contributed by atoms with Gasteiger partial charge in [-0.25, -0.2) is 0 Å². The fourth-order valence-corrected chi connectivity index (χ4v) is 2.75. The zero-order chi connectivity index (χ0) is 18.9. The predicted molar refractivity (Wildman–Crippen MR) is 120 cm³/mol. The molecule has 0 radical (unpaired) electrons. The van der Waals surface area contributed by atoms with E-state index in [4.69, 9.17) is 18.9 Å². The fraction of sp³-hybridized carbons (Fsp3) is 0.350. The molecule has 0 fully saturated rings. The van der Waals surface area contributed by atoms with Crippen LogP contribution in [0.15, 0.2) is 47.5 Å². The van der Waals surface area contributed by atoms with Gasteiger partial charge >= 0.3 is 0 Å².